The van der Waals surface area contributed by atoms with E-state index in [1.165, 1.54) is 0 Å². The summed E-state index contributed by atoms with van der Waals surface area (Å²) in [7, 11) is 0. The van der Waals surface area contributed by atoms with Crippen molar-refractivity contribution in [3.63, 3.8) is 0 Å². The number of carbonyl (C=O) groups excluding carboxylic acids is 1. The highest BCUT2D eigenvalue weighted by molar-refractivity contribution is 6.30. The van der Waals surface area contributed by atoms with Crippen molar-refractivity contribution in [3.8, 4) is 6.07 Å². The number of aldehydes is 1. The zero-order valence-electron chi connectivity index (χ0n) is 9.40. The second kappa shape index (κ2) is 5.14. The average Bonchev–Trinajstić information content (AvgIpc) is 2.21. The summed E-state index contributed by atoms with van der Waals surface area (Å²) in [6.45, 7) is 3.84. The molecule has 0 fully saturated rings. The molecule has 1 atom stereocenters. The molecule has 0 saturated carbocycles. The molecule has 0 aliphatic heterocycles. The smallest absolute Gasteiger partial charge is 0.120 e. The highest BCUT2D eigenvalue weighted by atomic mass is 35.5. The summed E-state index contributed by atoms with van der Waals surface area (Å²) < 4.78 is 0. The molecule has 0 bridgehead atoms. The molecule has 3 heteroatoms. The van der Waals surface area contributed by atoms with Crippen LogP contribution in [0.15, 0.2) is 24.3 Å². The van der Waals surface area contributed by atoms with Gasteiger partial charge in [-0.05, 0) is 23.1 Å². The lowest BCUT2D eigenvalue weighted by molar-refractivity contribution is -0.109. The van der Waals surface area contributed by atoms with Crippen LogP contribution >= 0.6 is 11.6 Å². The first-order chi connectivity index (χ1) is 7.51. The Morgan fingerprint density at radius 3 is 2.44 bits per heavy atom. The fraction of sp³-hybridized carbons (Fsp3) is 0.385. The molecule has 1 unspecified atom stereocenters. The van der Waals surface area contributed by atoms with Crippen LogP contribution in [0.5, 0.6) is 0 Å². The molecule has 0 N–H and O–H groups in total. The van der Waals surface area contributed by atoms with Gasteiger partial charge in [-0.15, -0.1) is 0 Å². The Morgan fingerprint density at radius 1 is 1.44 bits per heavy atom. The van der Waals surface area contributed by atoms with Crippen molar-refractivity contribution >= 4 is 17.9 Å². The van der Waals surface area contributed by atoms with Gasteiger partial charge in [-0.3, -0.25) is 0 Å². The van der Waals surface area contributed by atoms with Crippen molar-refractivity contribution in [2.75, 3.05) is 0 Å². The summed E-state index contributed by atoms with van der Waals surface area (Å²) in [4.78, 5) is 10.6. The first-order valence-corrected chi connectivity index (χ1v) is 5.48. The van der Waals surface area contributed by atoms with Gasteiger partial charge >= 0.3 is 0 Å². The number of nitrogens with zero attached hydrogens (tertiary/aromatic N) is 1. The number of rotatable bonds is 4. The van der Waals surface area contributed by atoms with Crippen molar-refractivity contribution in [2.24, 2.45) is 5.41 Å². The van der Waals surface area contributed by atoms with Crippen molar-refractivity contribution in [1.29, 1.82) is 5.26 Å². The van der Waals surface area contributed by atoms with Crippen molar-refractivity contribution < 1.29 is 4.79 Å². The van der Waals surface area contributed by atoms with Gasteiger partial charge in [0, 0.05) is 11.4 Å². The molecular formula is C13H14ClNO. The highest BCUT2D eigenvalue weighted by Crippen LogP contribution is 2.37. The number of nitriles is 1. The van der Waals surface area contributed by atoms with E-state index in [2.05, 4.69) is 6.07 Å². The van der Waals surface area contributed by atoms with E-state index >= 15 is 0 Å². The van der Waals surface area contributed by atoms with Crippen molar-refractivity contribution in [2.45, 2.75) is 26.2 Å². The largest absolute Gasteiger partial charge is 0.303 e. The molecule has 2 nitrogen and oxygen atoms in total. The normalized spacial score (nSPS) is 12.9. The van der Waals surface area contributed by atoms with Crippen molar-refractivity contribution in [3.05, 3.63) is 34.9 Å². The molecule has 0 radical (unpaired) electrons. The topological polar surface area (TPSA) is 40.9 Å². The SMILES string of the molecule is CC(C)(CC=O)C(C#N)c1ccc(Cl)cc1. The van der Waals surface area contributed by atoms with Gasteiger partial charge in [0.25, 0.3) is 0 Å². The number of halogens is 1. The fourth-order valence-electron chi connectivity index (χ4n) is 1.69. The van der Waals surface area contributed by atoms with E-state index in [1.807, 2.05) is 26.0 Å². The average molecular weight is 236 g/mol. The maximum Gasteiger partial charge on any atom is 0.120 e. The van der Waals surface area contributed by atoms with Gasteiger partial charge < -0.3 is 4.79 Å². The molecule has 0 saturated heterocycles. The van der Waals surface area contributed by atoms with Gasteiger partial charge in [0.1, 0.15) is 6.29 Å². The molecule has 1 rings (SSSR count). The molecular weight excluding hydrogens is 222 g/mol. The Labute approximate surface area is 101 Å². The second-order valence-electron chi connectivity index (χ2n) is 4.47. The number of benzene rings is 1. The minimum Gasteiger partial charge on any atom is -0.303 e. The maximum absolute atomic E-state index is 10.6. The second-order valence-corrected chi connectivity index (χ2v) is 4.91. The lowest BCUT2D eigenvalue weighted by Crippen LogP contribution is -2.21. The summed E-state index contributed by atoms with van der Waals surface area (Å²) in [5.41, 5.74) is 0.545. The number of carbonyl (C=O) groups is 1. The van der Waals surface area contributed by atoms with Gasteiger partial charge in [-0.25, -0.2) is 0 Å². The van der Waals surface area contributed by atoms with Crippen LogP contribution in [-0.4, -0.2) is 6.29 Å². The predicted octanol–water partition coefficient (Wildman–Crippen LogP) is 3.56. The third-order valence-electron chi connectivity index (χ3n) is 2.72. The Morgan fingerprint density at radius 2 is 2.00 bits per heavy atom. The van der Waals surface area contributed by atoms with E-state index in [0.717, 1.165) is 11.8 Å². The van der Waals surface area contributed by atoms with E-state index in [4.69, 9.17) is 11.6 Å². The molecule has 84 valence electrons. The zero-order chi connectivity index (χ0) is 12.2. The van der Waals surface area contributed by atoms with Gasteiger partial charge in [-0.2, -0.15) is 5.26 Å². The summed E-state index contributed by atoms with van der Waals surface area (Å²) in [5, 5.41) is 9.86. The Hall–Kier alpha value is -1.33. The minimum absolute atomic E-state index is 0.296. The van der Waals surface area contributed by atoms with E-state index in [9.17, 15) is 10.1 Å². The Kier molecular flexibility index (Phi) is 4.09. The third kappa shape index (κ3) is 2.84. The molecule has 0 amide bonds. The van der Waals surface area contributed by atoms with Crippen LogP contribution in [0.3, 0.4) is 0 Å². The van der Waals surface area contributed by atoms with Gasteiger partial charge in [0.15, 0.2) is 0 Å². The van der Waals surface area contributed by atoms with Gasteiger partial charge in [-0.1, -0.05) is 37.6 Å². The standard InChI is InChI=1S/C13H14ClNO/c1-13(2,7-8-16)12(9-15)10-3-5-11(14)6-4-10/h3-6,8,12H,7H2,1-2H3. The molecule has 0 heterocycles. The Balaban J connectivity index is 3.03. The summed E-state index contributed by atoms with van der Waals surface area (Å²) >= 11 is 5.80. The van der Waals surface area contributed by atoms with Crippen LogP contribution in [0.2, 0.25) is 5.02 Å². The quantitative estimate of drug-likeness (QED) is 0.749. The van der Waals surface area contributed by atoms with Crippen LogP contribution in [-0.2, 0) is 4.79 Å². The molecule has 16 heavy (non-hydrogen) atoms. The summed E-state index contributed by atoms with van der Waals surface area (Å²) in [5.74, 6) is -0.296. The van der Waals surface area contributed by atoms with Crippen LogP contribution < -0.4 is 0 Å². The van der Waals surface area contributed by atoms with E-state index in [1.54, 1.807) is 12.1 Å². The first-order valence-electron chi connectivity index (χ1n) is 5.10. The van der Waals surface area contributed by atoms with Crippen LogP contribution in [0, 0.1) is 16.7 Å². The molecule has 0 aliphatic carbocycles. The first kappa shape index (κ1) is 12.7. The molecule has 0 spiro atoms. The zero-order valence-corrected chi connectivity index (χ0v) is 10.2. The van der Waals surface area contributed by atoms with Gasteiger partial charge in [0.2, 0.25) is 0 Å². The monoisotopic (exact) mass is 235 g/mol. The highest BCUT2D eigenvalue weighted by Gasteiger charge is 2.30. The molecule has 0 aromatic heterocycles. The van der Waals surface area contributed by atoms with E-state index in [0.29, 0.717) is 11.4 Å². The number of hydrogen-bond acceptors (Lipinski definition) is 2. The lowest BCUT2D eigenvalue weighted by Gasteiger charge is -2.27. The van der Waals surface area contributed by atoms with Gasteiger partial charge in [0.05, 0.1) is 12.0 Å². The maximum atomic E-state index is 10.6. The summed E-state index contributed by atoms with van der Waals surface area (Å²) in [6, 6.07) is 9.46. The van der Waals surface area contributed by atoms with Crippen LogP contribution in [0.25, 0.3) is 0 Å². The van der Waals surface area contributed by atoms with E-state index in [-0.39, 0.29) is 11.3 Å². The van der Waals surface area contributed by atoms with Crippen LogP contribution in [0.1, 0.15) is 31.7 Å². The predicted molar refractivity (Wildman–Crippen MR) is 64.3 cm³/mol. The third-order valence-corrected chi connectivity index (χ3v) is 2.98. The Bertz CT molecular complexity index is 403. The molecule has 1 aromatic rings. The van der Waals surface area contributed by atoms with E-state index < -0.39 is 0 Å². The molecule has 1 aromatic carbocycles. The lowest BCUT2D eigenvalue weighted by atomic mass is 9.74. The summed E-state index contributed by atoms with van der Waals surface area (Å²) in [6.07, 6.45) is 1.23. The number of hydrogen-bond donors (Lipinski definition) is 0. The van der Waals surface area contributed by atoms with Crippen molar-refractivity contribution in [1.82, 2.24) is 0 Å². The molecule has 0 aliphatic rings. The van der Waals surface area contributed by atoms with Crippen LogP contribution in [0.4, 0.5) is 0 Å². The fourth-order valence-corrected chi connectivity index (χ4v) is 1.81. The minimum atomic E-state index is -0.357.